The third kappa shape index (κ3) is 4.85. The van der Waals surface area contributed by atoms with Gasteiger partial charge in [0.25, 0.3) is 5.78 Å². The van der Waals surface area contributed by atoms with E-state index >= 15 is 0 Å². The molecule has 3 aromatic heterocycles. The average molecular weight is 587 g/mol. The van der Waals surface area contributed by atoms with Gasteiger partial charge in [-0.05, 0) is 61.4 Å². The standard InChI is InChI=1S/C31H27ClN4O4S/c1-3-4-7-16-40-21-12-9-19(10-13-21)27-25(28(37)26-18(2)33-24-8-5-6-15-35(24)26)29(38)30(39)36(27)31-34-22-14-11-20(32)17-23(22)41-31/h5-6,8-15,17,27,37H,3-4,7,16H2,1-2H3/b28-25+. The number of imidazole rings is 1. The molecule has 10 heteroatoms. The average Bonchev–Trinajstić information content (AvgIpc) is 3.61. The molecule has 1 aliphatic heterocycles. The molecule has 0 saturated carbocycles. The maximum atomic E-state index is 13.7. The molecule has 0 radical (unpaired) electrons. The number of pyridine rings is 1. The SMILES string of the molecule is CCCCCOc1ccc(C2/C(=C(\O)c3c(C)nc4ccccn34)C(=O)C(=O)N2c2nc3ccc(Cl)cc3s2)cc1. The molecule has 1 aliphatic rings. The Labute approximate surface area is 245 Å². The Morgan fingerprint density at radius 2 is 1.88 bits per heavy atom. The van der Waals surface area contributed by atoms with Crippen LogP contribution in [0.2, 0.25) is 5.02 Å². The van der Waals surface area contributed by atoms with Gasteiger partial charge >= 0.3 is 5.91 Å². The first-order valence-corrected chi connectivity index (χ1v) is 14.6. The molecule has 1 amide bonds. The molecule has 2 aromatic carbocycles. The molecule has 41 heavy (non-hydrogen) atoms. The fourth-order valence-electron chi connectivity index (χ4n) is 5.15. The van der Waals surface area contributed by atoms with Crippen molar-refractivity contribution < 1.29 is 19.4 Å². The first-order valence-electron chi connectivity index (χ1n) is 13.4. The van der Waals surface area contributed by atoms with Crippen LogP contribution in [-0.4, -0.2) is 37.8 Å². The van der Waals surface area contributed by atoms with Crippen molar-refractivity contribution in [2.45, 2.75) is 39.2 Å². The van der Waals surface area contributed by atoms with Gasteiger partial charge in [-0.15, -0.1) is 0 Å². The maximum Gasteiger partial charge on any atom is 0.301 e. The number of aromatic nitrogens is 3. The van der Waals surface area contributed by atoms with Crippen LogP contribution in [0.3, 0.4) is 0 Å². The van der Waals surface area contributed by atoms with Crippen LogP contribution in [0.1, 0.15) is 49.2 Å². The number of ether oxygens (including phenoxy) is 1. The number of unbranched alkanes of at least 4 members (excludes halogenated alkanes) is 2. The van der Waals surface area contributed by atoms with Crippen molar-refractivity contribution in [3.05, 3.63) is 94.4 Å². The highest BCUT2D eigenvalue weighted by atomic mass is 35.5. The number of ketones is 1. The predicted octanol–water partition coefficient (Wildman–Crippen LogP) is 7.10. The lowest BCUT2D eigenvalue weighted by Gasteiger charge is -2.23. The number of rotatable bonds is 8. The van der Waals surface area contributed by atoms with Gasteiger partial charge in [-0.2, -0.15) is 0 Å². The zero-order valence-electron chi connectivity index (χ0n) is 22.5. The minimum atomic E-state index is -0.922. The fourth-order valence-corrected chi connectivity index (χ4v) is 6.42. The van der Waals surface area contributed by atoms with Crippen molar-refractivity contribution in [3.63, 3.8) is 0 Å². The van der Waals surface area contributed by atoms with Crippen molar-refractivity contribution in [1.82, 2.24) is 14.4 Å². The molecular weight excluding hydrogens is 560 g/mol. The molecule has 4 heterocycles. The van der Waals surface area contributed by atoms with Gasteiger partial charge in [0.15, 0.2) is 10.9 Å². The van der Waals surface area contributed by atoms with Gasteiger partial charge in [-0.1, -0.05) is 60.9 Å². The Balaban J connectivity index is 1.50. The molecule has 6 rings (SSSR count). The fraction of sp³-hybridized carbons (Fsp3) is 0.226. The van der Waals surface area contributed by atoms with Gasteiger partial charge in [0, 0.05) is 11.2 Å². The largest absolute Gasteiger partial charge is 0.505 e. The van der Waals surface area contributed by atoms with E-state index in [0.717, 1.165) is 24.0 Å². The van der Waals surface area contributed by atoms with E-state index in [1.165, 1.54) is 16.2 Å². The Hall–Kier alpha value is -4.21. The molecule has 0 bridgehead atoms. The van der Waals surface area contributed by atoms with Gasteiger partial charge in [0.05, 0.1) is 34.1 Å². The van der Waals surface area contributed by atoms with Crippen LogP contribution in [0.4, 0.5) is 5.13 Å². The van der Waals surface area contributed by atoms with E-state index in [1.807, 2.05) is 42.5 Å². The monoisotopic (exact) mass is 586 g/mol. The highest BCUT2D eigenvalue weighted by Crippen LogP contribution is 2.45. The summed E-state index contributed by atoms with van der Waals surface area (Å²) in [6.07, 6.45) is 4.91. The number of thiazole rings is 1. The number of fused-ring (bicyclic) bond motifs is 2. The van der Waals surface area contributed by atoms with Gasteiger partial charge in [0.2, 0.25) is 0 Å². The summed E-state index contributed by atoms with van der Waals surface area (Å²) in [4.78, 5) is 37.9. The molecule has 1 saturated heterocycles. The van der Waals surface area contributed by atoms with Crippen molar-refractivity contribution in [1.29, 1.82) is 0 Å². The number of anilines is 1. The quantitative estimate of drug-likeness (QED) is 0.0901. The van der Waals surface area contributed by atoms with Crippen LogP contribution in [0.5, 0.6) is 5.75 Å². The Morgan fingerprint density at radius 1 is 1.07 bits per heavy atom. The number of aliphatic hydroxyl groups is 1. The minimum absolute atomic E-state index is 0.0299. The first-order chi connectivity index (χ1) is 19.9. The van der Waals surface area contributed by atoms with Crippen molar-refractivity contribution in [2.24, 2.45) is 0 Å². The van der Waals surface area contributed by atoms with Crippen LogP contribution in [0.15, 0.2) is 72.4 Å². The number of hydrogen-bond acceptors (Lipinski definition) is 7. The number of carbonyl (C=O) groups excluding carboxylic acids is 2. The summed E-state index contributed by atoms with van der Waals surface area (Å²) in [6, 6.07) is 17.1. The zero-order valence-corrected chi connectivity index (χ0v) is 24.1. The molecule has 8 nitrogen and oxygen atoms in total. The number of aryl methyl sites for hydroxylation is 1. The second-order valence-electron chi connectivity index (χ2n) is 9.88. The Bertz CT molecular complexity index is 1830. The second kappa shape index (κ2) is 11.0. The highest BCUT2D eigenvalue weighted by Gasteiger charge is 2.48. The molecule has 208 valence electrons. The van der Waals surface area contributed by atoms with Crippen molar-refractivity contribution >= 4 is 61.4 Å². The van der Waals surface area contributed by atoms with E-state index in [4.69, 9.17) is 16.3 Å². The van der Waals surface area contributed by atoms with Gasteiger partial charge in [-0.3, -0.25) is 18.9 Å². The number of aliphatic hydroxyl groups excluding tert-OH is 1. The number of hydrogen-bond donors (Lipinski definition) is 1. The summed E-state index contributed by atoms with van der Waals surface area (Å²) in [7, 11) is 0. The van der Waals surface area contributed by atoms with E-state index in [2.05, 4.69) is 16.9 Å². The third-order valence-corrected chi connectivity index (χ3v) is 8.38. The molecule has 1 N–H and O–H groups in total. The number of nitrogens with zero attached hydrogens (tertiary/aromatic N) is 4. The summed E-state index contributed by atoms with van der Waals surface area (Å²) in [5.74, 6) is -1.17. The number of carbonyl (C=O) groups is 2. The number of benzene rings is 2. The Kier molecular flexibility index (Phi) is 7.23. The van der Waals surface area contributed by atoms with Crippen LogP contribution >= 0.6 is 22.9 Å². The number of halogens is 1. The lowest BCUT2D eigenvalue weighted by atomic mass is 9.96. The molecule has 0 aliphatic carbocycles. The lowest BCUT2D eigenvalue weighted by Crippen LogP contribution is -2.29. The number of Topliss-reactive ketones (excluding diaryl/α,β-unsaturated/α-hetero) is 1. The van der Waals surface area contributed by atoms with E-state index in [1.54, 1.807) is 35.7 Å². The predicted molar refractivity (Wildman–Crippen MR) is 161 cm³/mol. The molecule has 1 atom stereocenters. The van der Waals surface area contributed by atoms with Crippen molar-refractivity contribution in [2.75, 3.05) is 11.5 Å². The van der Waals surface area contributed by atoms with E-state index in [-0.39, 0.29) is 11.3 Å². The van der Waals surface area contributed by atoms with Gasteiger partial charge in [-0.25, -0.2) is 9.97 Å². The molecule has 0 spiro atoms. The first kappa shape index (κ1) is 27.0. The minimum Gasteiger partial charge on any atom is -0.505 e. The van der Waals surface area contributed by atoms with Crippen LogP contribution in [-0.2, 0) is 9.59 Å². The topological polar surface area (TPSA) is 97.0 Å². The van der Waals surface area contributed by atoms with Crippen LogP contribution in [0.25, 0.3) is 21.6 Å². The van der Waals surface area contributed by atoms with E-state index in [0.29, 0.717) is 50.6 Å². The van der Waals surface area contributed by atoms with E-state index in [9.17, 15) is 14.7 Å². The van der Waals surface area contributed by atoms with Crippen LogP contribution < -0.4 is 9.64 Å². The summed E-state index contributed by atoms with van der Waals surface area (Å²) >= 11 is 7.46. The molecular formula is C31H27ClN4O4S. The lowest BCUT2D eigenvalue weighted by molar-refractivity contribution is -0.132. The number of amides is 1. The Morgan fingerprint density at radius 3 is 2.66 bits per heavy atom. The molecule has 5 aromatic rings. The third-order valence-electron chi connectivity index (χ3n) is 7.13. The summed E-state index contributed by atoms with van der Waals surface area (Å²) < 4.78 is 8.37. The summed E-state index contributed by atoms with van der Waals surface area (Å²) in [5.41, 5.74) is 2.77. The smallest absolute Gasteiger partial charge is 0.301 e. The van der Waals surface area contributed by atoms with Crippen molar-refractivity contribution in [3.8, 4) is 5.75 Å². The van der Waals surface area contributed by atoms with Gasteiger partial charge in [0.1, 0.15) is 17.1 Å². The summed E-state index contributed by atoms with van der Waals surface area (Å²) in [6.45, 7) is 4.50. The molecule has 1 unspecified atom stereocenters. The normalized spacial score (nSPS) is 16.8. The van der Waals surface area contributed by atoms with E-state index < -0.39 is 17.7 Å². The van der Waals surface area contributed by atoms with Gasteiger partial charge < -0.3 is 9.84 Å². The maximum absolute atomic E-state index is 13.7. The highest BCUT2D eigenvalue weighted by molar-refractivity contribution is 7.22. The second-order valence-corrected chi connectivity index (χ2v) is 11.3. The molecule has 1 fully saturated rings. The zero-order chi connectivity index (χ0) is 28.7. The van der Waals surface area contributed by atoms with Crippen LogP contribution in [0, 0.1) is 6.92 Å². The summed E-state index contributed by atoms with van der Waals surface area (Å²) in [5, 5.41) is 12.6.